The van der Waals surface area contributed by atoms with E-state index in [1.54, 1.807) is 0 Å². The highest BCUT2D eigenvalue weighted by Gasteiger charge is 2.01. The van der Waals surface area contributed by atoms with Crippen LogP contribution in [0.25, 0.3) is 0 Å². The average Bonchev–Trinajstić information content (AvgIpc) is 2.10. The fraction of sp³-hybridized carbons (Fsp3) is 0.455. The van der Waals surface area contributed by atoms with Crippen molar-refractivity contribution in [1.29, 1.82) is 0 Å². The lowest BCUT2D eigenvalue weighted by Crippen LogP contribution is -2.15. The van der Waals surface area contributed by atoms with Gasteiger partial charge in [-0.15, -0.1) is 0 Å². The summed E-state index contributed by atoms with van der Waals surface area (Å²) in [7, 11) is 3.92. The summed E-state index contributed by atoms with van der Waals surface area (Å²) in [4.78, 5) is 2.02. The zero-order valence-electron chi connectivity index (χ0n) is 8.96. The van der Waals surface area contributed by atoms with Gasteiger partial charge in [-0.05, 0) is 20.5 Å². The zero-order valence-corrected chi connectivity index (χ0v) is 8.96. The first-order valence-corrected chi connectivity index (χ1v) is 4.81. The summed E-state index contributed by atoms with van der Waals surface area (Å²) in [5, 5.41) is 0. The van der Waals surface area contributed by atoms with E-state index in [9.17, 15) is 8.78 Å². The number of nitrogens with zero attached hydrogens (tertiary/aromatic N) is 1. The molecule has 0 saturated carbocycles. The van der Waals surface area contributed by atoms with Crippen LogP contribution in [0.3, 0.4) is 0 Å². The Kier molecular flexibility index (Phi) is 4.49. The first kappa shape index (κ1) is 11.9. The maximum atomic E-state index is 12.7. The van der Waals surface area contributed by atoms with Crippen LogP contribution in [0.1, 0.15) is 6.42 Å². The number of halogens is 2. The second-order valence-electron chi connectivity index (χ2n) is 3.61. The second kappa shape index (κ2) is 5.66. The Morgan fingerprint density at radius 2 is 1.73 bits per heavy atom. The van der Waals surface area contributed by atoms with Crippen LogP contribution in [0.5, 0.6) is 5.75 Å². The van der Waals surface area contributed by atoms with Gasteiger partial charge in [-0.1, -0.05) is 0 Å². The fourth-order valence-electron chi connectivity index (χ4n) is 1.18. The molecule has 2 nitrogen and oxygen atoms in total. The molecule has 0 bridgehead atoms. The minimum atomic E-state index is -0.613. The summed E-state index contributed by atoms with van der Waals surface area (Å²) in [5.74, 6) is -0.985. The topological polar surface area (TPSA) is 12.5 Å². The van der Waals surface area contributed by atoms with E-state index in [2.05, 4.69) is 0 Å². The molecule has 0 unspecified atom stereocenters. The molecule has 0 amide bonds. The molecule has 0 aliphatic rings. The lowest BCUT2D eigenvalue weighted by molar-refractivity contribution is 0.279. The maximum Gasteiger partial charge on any atom is 0.129 e. The van der Waals surface area contributed by atoms with E-state index >= 15 is 0 Å². The number of hydrogen-bond acceptors (Lipinski definition) is 2. The summed E-state index contributed by atoms with van der Waals surface area (Å²) in [6.45, 7) is 1.35. The van der Waals surface area contributed by atoms with E-state index in [1.165, 1.54) is 12.1 Å². The van der Waals surface area contributed by atoms with Gasteiger partial charge >= 0.3 is 0 Å². The Balaban J connectivity index is 2.37. The zero-order chi connectivity index (χ0) is 11.3. The fourth-order valence-corrected chi connectivity index (χ4v) is 1.18. The SMILES string of the molecule is CN(C)CCCOc1cc(F)cc(F)c1. The van der Waals surface area contributed by atoms with Crippen LogP contribution in [0.15, 0.2) is 18.2 Å². The molecule has 1 rings (SSSR count). The average molecular weight is 215 g/mol. The van der Waals surface area contributed by atoms with Gasteiger partial charge in [0.15, 0.2) is 0 Å². The van der Waals surface area contributed by atoms with E-state index in [0.29, 0.717) is 6.61 Å². The Morgan fingerprint density at radius 1 is 1.13 bits per heavy atom. The molecule has 15 heavy (non-hydrogen) atoms. The predicted octanol–water partition coefficient (Wildman–Crippen LogP) is 2.30. The Labute approximate surface area is 88.5 Å². The molecule has 0 aliphatic carbocycles. The first-order valence-electron chi connectivity index (χ1n) is 4.81. The molecule has 0 saturated heterocycles. The maximum absolute atomic E-state index is 12.7. The molecule has 0 radical (unpaired) electrons. The Bertz CT molecular complexity index is 295. The molecule has 0 heterocycles. The highest BCUT2D eigenvalue weighted by molar-refractivity contribution is 5.23. The van der Waals surface area contributed by atoms with Gasteiger partial charge in [0.2, 0.25) is 0 Å². The summed E-state index contributed by atoms with van der Waals surface area (Å²) in [5.41, 5.74) is 0. The third-order valence-corrected chi connectivity index (χ3v) is 1.85. The van der Waals surface area contributed by atoms with Crippen LogP contribution in [0.2, 0.25) is 0 Å². The van der Waals surface area contributed by atoms with E-state index < -0.39 is 11.6 Å². The van der Waals surface area contributed by atoms with Gasteiger partial charge in [0, 0.05) is 24.7 Å². The van der Waals surface area contributed by atoms with Gasteiger partial charge in [-0.2, -0.15) is 0 Å². The van der Waals surface area contributed by atoms with E-state index in [4.69, 9.17) is 4.74 Å². The second-order valence-corrected chi connectivity index (χ2v) is 3.61. The van der Waals surface area contributed by atoms with Crippen LogP contribution >= 0.6 is 0 Å². The molecule has 84 valence electrons. The van der Waals surface area contributed by atoms with Gasteiger partial charge in [0.05, 0.1) is 6.61 Å². The molecule has 4 heteroatoms. The highest BCUT2D eigenvalue weighted by Crippen LogP contribution is 2.15. The third kappa shape index (κ3) is 4.74. The van der Waals surface area contributed by atoms with Crippen molar-refractivity contribution in [2.45, 2.75) is 6.42 Å². The molecule has 1 aromatic rings. The molecular formula is C11H15F2NO. The summed E-state index contributed by atoms with van der Waals surface area (Å²) >= 11 is 0. The smallest absolute Gasteiger partial charge is 0.129 e. The molecule has 0 spiro atoms. The molecule has 1 aromatic carbocycles. The van der Waals surface area contributed by atoms with Crippen molar-refractivity contribution in [3.63, 3.8) is 0 Å². The highest BCUT2D eigenvalue weighted by atomic mass is 19.1. The standard InChI is InChI=1S/C11H15F2NO/c1-14(2)4-3-5-15-11-7-9(12)6-10(13)8-11/h6-8H,3-5H2,1-2H3. The van der Waals surface area contributed by atoms with Crippen molar-refractivity contribution >= 4 is 0 Å². The quantitative estimate of drug-likeness (QED) is 0.699. The van der Waals surface area contributed by atoms with Crippen molar-refractivity contribution in [2.24, 2.45) is 0 Å². The van der Waals surface area contributed by atoms with Crippen LogP contribution in [-0.2, 0) is 0 Å². The molecule has 0 aliphatic heterocycles. The first-order chi connectivity index (χ1) is 7.08. The Morgan fingerprint density at radius 3 is 2.27 bits per heavy atom. The van der Waals surface area contributed by atoms with Gasteiger partial charge in [0.25, 0.3) is 0 Å². The minimum Gasteiger partial charge on any atom is -0.493 e. The molecule has 0 aromatic heterocycles. The number of ether oxygens (including phenoxy) is 1. The van der Waals surface area contributed by atoms with E-state index in [1.807, 2.05) is 19.0 Å². The number of hydrogen-bond donors (Lipinski definition) is 0. The Hall–Kier alpha value is -1.16. The van der Waals surface area contributed by atoms with Crippen molar-refractivity contribution < 1.29 is 13.5 Å². The van der Waals surface area contributed by atoms with Crippen molar-refractivity contribution in [3.8, 4) is 5.75 Å². The van der Waals surface area contributed by atoms with Crippen molar-refractivity contribution in [1.82, 2.24) is 4.90 Å². The molecular weight excluding hydrogens is 200 g/mol. The lowest BCUT2D eigenvalue weighted by atomic mass is 10.3. The third-order valence-electron chi connectivity index (χ3n) is 1.85. The van der Waals surface area contributed by atoms with E-state index in [-0.39, 0.29) is 5.75 Å². The summed E-state index contributed by atoms with van der Waals surface area (Å²) in [6, 6.07) is 3.18. The number of rotatable bonds is 5. The van der Waals surface area contributed by atoms with Gasteiger partial charge in [0.1, 0.15) is 17.4 Å². The van der Waals surface area contributed by atoms with Gasteiger partial charge < -0.3 is 9.64 Å². The lowest BCUT2D eigenvalue weighted by Gasteiger charge is -2.10. The predicted molar refractivity (Wildman–Crippen MR) is 55.0 cm³/mol. The monoisotopic (exact) mass is 215 g/mol. The van der Waals surface area contributed by atoms with Crippen molar-refractivity contribution in [2.75, 3.05) is 27.2 Å². The largest absolute Gasteiger partial charge is 0.493 e. The number of benzene rings is 1. The van der Waals surface area contributed by atoms with Crippen LogP contribution in [-0.4, -0.2) is 32.1 Å². The molecule has 0 atom stereocenters. The molecule has 0 N–H and O–H groups in total. The van der Waals surface area contributed by atoms with Crippen LogP contribution < -0.4 is 4.74 Å². The van der Waals surface area contributed by atoms with Crippen molar-refractivity contribution in [3.05, 3.63) is 29.8 Å². The normalized spacial score (nSPS) is 10.7. The van der Waals surface area contributed by atoms with Crippen LogP contribution in [0.4, 0.5) is 8.78 Å². The van der Waals surface area contributed by atoms with E-state index in [0.717, 1.165) is 19.0 Å². The summed E-state index contributed by atoms with van der Waals surface area (Å²) in [6.07, 6.45) is 0.825. The van der Waals surface area contributed by atoms with Gasteiger partial charge in [-0.25, -0.2) is 8.78 Å². The van der Waals surface area contributed by atoms with Crippen LogP contribution in [0, 0.1) is 11.6 Å². The summed E-state index contributed by atoms with van der Waals surface area (Å²) < 4.78 is 30.7. The molecule has 0 fully saturated rings. The minimum absolute atomic E-state index is 0.242. The van der Waals surface area contributed by atoms with Gasteiger partial charge in [-0.3, -0.25) is 0 Å².